The smallest absolute Gasteiger partial charge is 0.312 e. The molecular weight excluding hydrogens is 374 g/mol. The zero-order valence-corrected chi connectivity index (χ0v) is 16.2. The quantitative estimate of drug-likeness (QED) is 0.680. The Hall–Kier alpha value is -2.56. The van der Waals surface area contributed by atoms with Gasteiger partial charge in [-0.25, -0.2) is 0 Å². The number of hydrogen-bond donors (Lipinski definition) is 2. The Bertz CT molecular complexity index is 1070. The summed E-state index contributed by atoms with van der Waals surface area (Å²) >= 11 is 0. The van der Waals surface area contributed by atoms with Gasteiger partial charge in [0.05, 0.1) is 5.92 Å². The van der Waals surface area contributed by atoms with Gasteiger partial charge in [-0.3, -0.25) is 4.79 Å². The Morgan fingerprint density at radius 1 is 1.00 bits per heavy atom. The van der Waals surface area contributed by atoms with E-state index in [0.29, 0.717) is 12.2 Å². The zero-order valence-electron chi connectivity index (χ0n) is 15.4. The number of nitrogens with two attached hydrogens (primary N) is 1. The van der Waals surface area contributed by atoms with Gasteiger partial charge in [-0.15, -0.1) is 12.4 Å². The van der Waals surface area contributed by atoms with E-state index in [2.05, 4.69) is 24.3 Å². The summed E-state index contributed by atoms with van der Waals surface area (Å²) in [5, 5.41) is 12.0. The van der Waals surface area contributed by atoms with Crippen LogP contribution in [-0.2, 0) is 24.1 Å². The molecule has 0 bridgehead atoms. The molecule has 2 aliphatic rings. The molecule has 3 N–H and O–H groups in total. The molecular formula is C23H22ClNO3. The van der Waals surface area contributed by atoms with Crippen LogP contribution in [-0.4, -0.2) is 17.1 Å². The van der Waals surface area contributed by atoms with Crippen molar-refractivity contribution in [3.8, 4) is 11.5 Å². The van der Waals surface area contributed by atoms with Gasteiger partial charge in [0.1, 0.15) is 11.5 Å². The Balaban J connectivity index is 0.00000192. The minimum absolute atomic E-state index is 0. The van der Waals surface area contributed by atoms with Crippen LogP contribution in [0.3, 0.4) is 0 Å². The van der Waals surface area contributed by atoms with E-state index in [1.54, 1.807) is 0 Å². The van der Waals surface area contributed by atoms with Crippen molar-refractivity contribution < 1.29 is 14.6 Å². The topological polar surface area (TPSA) is 72.5 Å². The number of ether oxygens (including phenoxy) is 1. The minimum Gasteiger partial charge on any atom is -0.481 e. The second-order valence-corrected chi connectivity index (χ2v) is 7.54. The van der Waals surface area contributed by atoms with E-state index in [1.807, 2.05) is 24.3 Å². The molecule has 0 radical (unpaired) electrons. The van der Waals surface area contributed by atoms with Gasteiger partial charge < -0.3 is 15.6 Å². The van der Waals surface area contributed by atoms with Crippen molar-refractivity contribution in [1.29, 1.82) is 0 Å². The fourth-order valence-electron chi connectivity index (χ4n) is 4.63. The maximum absolute atomic E-state index is 11.7. The van der Waals surface area contributed by atoms with E-state index in [0.717, 1.165) is 41.5 Å². The number of carboxylic acids is 1. The normalized spacial score (nSPS) is 19.8. The third-order valence-corrected chi connectivity index (χ3v) is 5.96. The van der Waals surface area contributed by atoms with Crippen LogP contribution in [0, 0.1) is 0 Å². The number of carboxylic acid groups (broad SMARTS) is 1. The summed E-state index contributed by atoms with van der Waals surface area (Å²) in [6, 6.07) is 15.9. The minimum atomic E-state index is -0.870. The molecule has 2 aliphatic carbocycles. The van der Waals surface area contributed by atoms with Crippen molar-refractivity contribution in [2.75, 3.05) is 0 Å². The van der Waals surface area contributed by atoms with E-state index in [4.69, 9.17) is 10.5 Å². The molecule has 0 aromatic heterocycles. The van der Waals surface area contributed by atoms with Crippen LogP contribution < -0.4 is 10.5 Å². The molecule has 3 aromatic rings. The molecule has 0 fully saturated rings. The van der Waals surface area contributed by atoms with E-state index in [1.165, 1.54) is 16.5 Å². The van der Waals surface area contributed by atoms with Gasteiger partial charge in [-0.05, 0) is 71.5 Å². The highest BCUT2D eigenvalue weighted by Gasteiger charge is 2.33. The fraction of sp³-hybridized carbons (Fsp3) is 0.261. The predicted molar refractivity (Wildman–Crippen MR) is 112 cm³/mol. The van der Waals surface area contributed by atoms with Crippen LogP contribution in [0.15, 0.2) is 48.5 Å². The molecule has 2 unspecified atom stereocenters. The van der Waals surface area contributed by atoms with Crippen molar-refractivity contribution in [1.82, 2.24) is 0 Å². The number of rotatable bonds is 3. The van der Waals surface area contributed by atoms with Crippen LogP contribution in [0.25, 0.3) is 10.8 Å². The lowest BCUT2D eigenvalue weighted by molar-refractivity contribution is -0.139. The molecule has 5 rings (SSSR count). The van der Waals surface area contributed by atoms with E-state index < -0.39 is 11.9 Å². The Kier molecular flexibility index (Phi) is 4.77. The van der Waals surface area contributed by atoms with E-state index in [-0.39, 0.29) is 18.4 Å². The monoisotopic (exact) mass is 395 g/mol. The van der Waals surface area contributed by atoms with E-state index >= 15 is 0 Å². The molecule has 0 spiro atoms. The molecule has 0 saturated carbocycles. The molecule has 3 aromatic carbocycles. The fourth-order valence-corrected chi connectivity index (χ4v) is 4.63. The lowest BCUT2D eigenvalue weighted by Gasteiger charge is -2.28. The van der Waals surface area contributed by atoms with Crippen molar-refractivity contribution in [3.63, 3.8) is 0 Å². The highest BCUT2D eigenvalue weighted by atomic mass is 35.5. The van der Waals surface area contributed by atoms with Crippen molar-refractivity contribution >= 4 is 29.1 Å². The predicted octanol–water partition coefficient (Wildman–Crippen LogP) is 4.59. The highest BCUT2D eigenvalue weighted by molar-refractivity contribution is 5.95. The first-order chi connectivity index (χ1) is 13.1. The summed E-state index contributed by atoms with van der Waals surface area (Å²) in [4.78, 5) is 11.7. The number of fused-ring (bicyclic) bond motifs is 1. The number of hydrogen-bond acceptors (Lipinski definition) is 3. The zero-order chi connectivity index (χ0) is 18.5. The lowest BCUT2D eigenvalue weighted by Crippen LogP contribution is -2.37. The molecule has 2 atom stereocenters. The summed E-state index contributed by atoms with van der Waals surface area (Å²) < 4.78 is 6.23. The second kappa shape index (κ2) is 7.12. The number of carbonyl (C=O) groups is 1. The number of aryl methyl sites for hydroxylation is 3. The Morgan fingerprint density at radius 3 is 2.54 bits per heavy atom. The van der Waals surface area contributed by atoms with Crippen molar-refractivity contribution in [3.05, 3.63) is 70.8 Å². The lowest BCUT2D eigenvalue weighted by atomic mass is 9.79. The third-order valence-electron chi connectivity index (χ3n) is 5.96. The SMILES string of the molecule is Cl.NC1CCc2ccc(Oc3ccc4c5c(cccc35)CC4)cc2C1C(=O)O. The standard InChI is InChI=1S/C23H21NO3.ClH/c24-19-10-7-13-6-9-16(12-18(13)22(19)23(25)26)27-20-11-8-15-5-4-14-2-1-3-17(20)21(14)15;/h1-3,6,8-9,11-12,19,22H,4-5,7,10,24H2,(H,25,26);1H. The molecule has 0 saturated heterocycles. The average molecular weight is 396 g/mol. The van der Waals surface area contributed by atoms with Gasteiger partial charge in [-0.2, -0.15) is 0 Å². The van der Waals surface area contributed by atoms with Gasteiger partial charge in [0.25, 0.3) is 0 Å². The third kappa shape index (κ3) is 2.93. The molecule has 28 heavy (non-hydrogen) atoms. The van der Waals surface area contributed by atoms with Crippen molar-refractivity contribution in [2.45, 2.75) is 37.6 Å². The summed E-state index contributed by atoms with van der Waals surface area (Å²) in [5.74, 6) is -0.0757. The molecule has 0 heterocycles. The molecule has 5 heteroatoms. The van der Waals surface area contributed by atoms with Crippen LogP contribution in [0.4, 0.5) is 0 Å². The average Bonchev–Trinajstić information content (AvgIpc) is 3.08. The Morgan fingerprint density at radius 2 is 1.75 bits per heavy atom. The van der Waals surface area contributed by atoms with Gasteiger partial charge in [-0.1, -0.05) is 30.3 Å². The maximum Gasteiger partial charge on any atom is 0.312 e. The number of aliphatic carboxylic acids is 1. The van der Waals surface area contributed by atoms with E-state index in [9.17, 15) is 9.90 Å². The largest absolute Gasteiger partial charge is 0.481 e. The van der Waals surface area contributed by atoms with Crippen LogP contribution in [0.2, 0.25) is 0 Å². The van der Waals surface area contributed by atoms with Crippen LogP contribution in [0.1, 0.15) is 34.6 Å². The van der Waals surface area contributed by atoms with Gasteiger partial charge in [0.15, 0.2) is 0 Å². The van der Waals surface area contributed by atoms with Crippen LogP contribution >= 0.6 is 12.4 Å². The molecule has 144 valence electrons. The first-order valence-corrected chi connectivity index (χ1v) is 9.44. The summed E-state index contributed by atoms with van der Waals surface area (Å²) in [5.41, 5.74) is 10.7. The van der Waals surface area contributed by atoms with Crippen LogP contribution in [0.5, 0.6) is 11.5 Å². The van der Waals surface area contributed by atoms with Gasteiger partial charge >= 0.3 is 5.97 Å². The summed E-state index contributed by atoms with van der Waals surface area (Å²) in [7, 11) is 0. The second-order valence-electron chi connectivity index (χ2n) is 7.54. The molecule has 4 nitrogen and oxygen atoms in total. The van der Waals surface area contributed by atoms with Gasteiger partial charge in [0, 0.05) is 11.4 Å². The van der Waals surface area contributed by atoms with Crippen molar-refractivity contribution in [2.24, 2.45) is 5.73 Å². The number of halogens is 1. The first-order valence-electron chi connectivity index (χ1n) is 9.44. The first kappa shape index (κ1) is 18.8. The summed E-state index contributed by atoms with van der Waals surface area (Å²) in [6.45, 7) is 0. The highest BCUT2D eigenvalue weighted by Crippen LogP contribution is 2.39. The number of benzene rings is 3. The molecule has 0 aliphatic heterocycles. The van der Waals surface area contributed by atoms with Gasteiger partial charge in [0.2, 0.25) is 0 Å². The Labute approximate surface area is 169 Å². The maximum atomic E-state index is 11.7. The summed E-state index contributed by atoms with van der Waals surface area (Å²) in [6.07, 6.45) is 3.65. The molecule has 0 amide bonds.